The zero-order valence-corrected chi connectivity index (χ0v) is 12.1. The second-order valence-corrected chi connectivity index (χ2v) is 6.47. The van der Waals surface area contributed by atoms with E-state index in [1.54, 1.807) is 19.1 Å². The van der Waals surface area contributed by atoms with Gasteiger partial charge in [-0.05, 0) is 24.6 Å². The van der Waals surface area contributed by atoms with Gasteiger partial charge in [0.15, 0.2) is 0 Å². The van der Waals surface area contributed by atoms with Crippen LogP contribution in [0.3, 0.4) is 0 Å². The highest BCUT2D eigenvalue weighted by Crippen LogP contribution is 2.18. The third-order valence-electron chi connectivity index (χ3n) is 2.66. The van der Waals surface area contributed by atoms with Crippen LogP contribution in [0.5, 0.6) is 0 Å². The molecule has 0 aromatic heterocycles. The van der Waals surface area contributed by atoms with Crippen molar-refractivity contribution < 1.29 is 13.2 Å². The molecule has 0 aliphatic carbocycles. The SMILES string of the molecule is CC[C@H](N)C(=O)Nc1cccc(S(=O)(=O)N(C)C)c1. The maximum absolute atomic E-state index is 11.9. The maximum Gasteiger partial charge on any atom is 0.242 e. The van der Waals surface area contributed by atoms with Crippen molar-refractivity contribution in [2.75, 3.05) is 19.4 Å². The lowest BCUT2D eigenvalue weighted by Gasteiger charge is -2.14. The molecule has 3 N–H and O–H groups in total. The van der Waals surface area contributed by atoms with Crippen molar-refractivity contribution in [3.05, 3.63) is 24.3 Å². The first-order valence-corrected chi connectivity index (χ1v) is 7.32. The molecule has 0 radical (unpaired) electrons. The van der Waals surface area contributed by atoms with E-state index in [1.165, 1.54) is 26.2 Å². The summed E-state index contributed by atoms with van der Waals surface area (Å²) in [6.45, 7) is 1.80. The van der Waals surface area contributed by atoms with Gasteiger partial charge in [0.25, 0.3) is 0 Å². The van der Waals surface area contributed by atoms with Gasteiger partial charge in [-0.15, -0.1) is 0 Å². The van der Waals surface area contributed by atoms with Crippen molar-refractivity contribution in [3.8, 4) is 0 Å². The summed E-state index contributed by atoms with van der Waals surface area (Å²) in [4.78, 5) is 11.8. The van der Waals surface area contributed by atoms with Crippen molar-refractivity contribution in [2.24, 2.45) is 5.73 Å². The van der Waals surface area contributed by atoms with Crippen LogP contribution in [0.25, 0.3) is 0 Å². The number of benzene rings is 1. The molecule has 106 valence electrons. The van der Waals surface area contributed by atoms with Gasteiger partial charge in [-0.1, -0.05) is 13.0 Å². The molecule has 0 unspecified atom stereocenters. The number of nitrogens with zero attached hydrogens (tertiary/aromatic N) is 1. The van der Waals surface area contributed by atoms with Gasteiger partial charge in [-0.2, -0.15) is 0 Å². The minimum atomic E-state index is -3.51. The predicted octanol–water partition coefficient (Wildman–Crippen LogP) is 0.613. The van der Waals surface area contributed by atoms with E-state index >= 15 is 0 Å². The summed E-state index contributed by atoms with van der Waals surface area (Å²) in [6.07, 6.45) is 0.515. The molecule has 6 nitrogen and oxygen atoms in total. The summed E-state index contributed by atoms with van der Waals surface area (Å²) in [5.74, 6) is -0.332. The number of nitrogens with two attached hydrogens (primary N) is 1. The summed E-state index contributed by atoms with van der Waals surface area (Å²) < 4.78 is 25.0. The number of hydrogen-bond donors (Lipinski definition) is 2. The first-order chi connectivity index (χ1) is 8.78. The summed E-state index contributed by atoms with van der Waals surface area (Å²) >= 11 is 0. The van der Waals surface area contributed by atoms with Gasteiger partial charge in [0.1, 0.15) is 0 Å². The Kier molecular flexibility index (Phi) is 5.04. The van der Waals surface area contributed by atoms with Crippen LogP contribution in [-0.2, 0) is 14.8 Å². The number of anilines is 1. The van der Waals surface area contributed by atoms with Gasteiger partial charge >= 0.3 is 0 Å². The van der Waals surface area contributed by atoms with Crippen LogP contribution < -0.4 is 11.1 Å². The van der Waals surface area contributed by atoms with Crippen molar-refractivity contribution in [1.29, 1.82) is 0 Å². The normalized spacial score (nSPS) is 13.3. The van der Waals surface area contributed by atoms with Gasteiger partial charge < -0.3 is 11.1 Å². The van der Waals surface area contributed by atoms with Crippen LogP contribution in [0, 0.1) is 0 Å². The molecule has 0 bridgehead atoms. The van der Waals surface area contributed by atoms with E-state index in [-0.39, 0.29) is 10.8 Å². The first-order valence-electron chi connectivity index (χ1n) is 5.88. The van der Waals surface area contributed by atoms with E-state index in [0.717, 1.165) is 4.31 Å². The second kappa shape index (κ2) is 6.14. The third kappa shape index (κ3) is 3.76. The van der Waals surface area contributed by atoms with Crippen LogP contribution in [0.4, 0.5) is 5.69 Å². The average molecular weight is 285 g/mol. The summed E-state index contributed by atoms with van der Waals surface area (Å²) in [5.41, 5.74) is 6.01. The van der Waals surface area contributed by atoms with Crippen LogP contribution >= 0.6 is 0 Å². The van der Waals surface area contributed by atoms with E-state index in [1.807, 2.05) is 0 Å². The number of rotatable bonds is 5. The summed E-state index contributed by atoms with van der Waals surface area (Å²) in [6, 6.07) is 5.48. The predicted molar refractivity (Wildman–Crippen MR) is 74.2 cm³/mol. The standard InChI is InChI=1S/C12H19N3O3S/c1-4-11(13)12(16)14-9-6-5-7-10(8-9)19(17,18)15(2)3/h5-8,11H,4,13H2,1-3H3,(H,14,16)/t11-/m0/s1. The monoisotopic (exact) mass is 285 g/mol. The van der Waals surface area contributed by atoms with Crippen molar-refractivity contribution in [2.45, 2.75) is 24.3 Å². The molecule has 1 aromatic carbocycles. The zero-order valence-electron chi connectivity index (χ0n) is 11.3. The van der Waals surface area contributed by atoms with Gasteiger partial charge in [-0.25, -0.2) is 12.7 Å². The number of hydrogen-bond acceptors (Lipinski definition) is 4. The van der Waals surface area contributed by atoms with Crippen molar-refractivity contribution >= 4 is 21.6 Å². The highest BCUT2D eigenvalue weighted by atomic mass is 32.2. The molecule has 0 heterocycles. The smallest absolute Gasteiger partial charge is 0.242 e. The molecule has 1 atom stereocenters. The summed E-state index contributed by atoms with van der Waals surface area (Å²) in [5, 5.41) is 2.60. The molecule has 19 heavy (non-hydrogen) atoms. The molecule has 0 saturated heterocycles. The number of carbonyl (C=O) groups excluding carboxylic acids is 1. The molecule has 0 spiro atoms. The number of sulfonamides is 1. The quantitative estimate of drug-likeness (QED) is 0.829. The lowest BCUT2D eigenvalue weighted by atomic mass is 10.2. The Hall–Kier alpha value is -1.44. The first kappa shape index (κ1) is 15.6. The van der Waals surface area contributed by atoms with Gasteiger partial charge in [0.2, 0.25) is 15.9 Å². The fraction of sp³-hybridized carbons (Fsp3) is 0.417. The van der Waals surface area contributed by atoms with E-state index in [2.05, 4.69) is 5.32 Å². The molecule has 7 heteroatoms. The minimum absolute atomic E-state index is 0.125. The molecule has 0 saturated carbocycles. The highest BCUT2D eigenvalue weighted by Gasteiger charge is 2.18. The molecule has 0 aliphatic heterocycles. The van der Waals surface area contributed by atoms with Crippen LogP contribution in [0.15, 0.2) is 29.2 Å². The zero-order chi connectivity index (χ0) is 14.6. The topological polar surface area (TPSA) is 92.5 Å². The molecular formula is C12H19N3O3S. The lowest BCUT2D eigenvalue weighted by Crippen LogP contribution is -2.34. The largest absolute Gasteiger partial charge is 0.325 e. The van der Waals surface area contributed by atoms with Crippen LogP contribution in [0.2, 0.25) is 0 Å². The number of nitrogens with one attached hydrogen (secondary N) is 1. The minimum Gasteiger partial charge on any atom is -0.325 e. The van der Waals surface area contributed by atoms with Gasteiger partial charge in [0.05, 0.1) is 10.9 Å². The molecular weight excluding hydrogens is 266 g/mol. The van der Waals surface area contributed by atoms with Crippen LogP contribution in [0.1, 0.15) is 13.3 Å². The van der Waals surface area contributed by atoms with Gasteiger partial charge in [-0.3, -0.25) is 4.79 Å². The lowest BCUT2D eigenvalue weighted by molar-refractivity contribution is -0.117. The third-order valence-corrected chi connectivity index (χ3v) is 4.47. The molecule has 0 fully saturated rings. The molecule has 1 amide bonds. The fourth-order valence-corrected chi connectivity index (χ4v) is 2.31. The maximum atomic E-state index is 11.9. The van der Waals surface area contributed by atoms with E-state index < -0.39 is 16.1 Å². The van der Waals surface area contributed by atoms with E-state index in [4.69, 9.17) is 5.73 Å². The van der Waals surface area contributed by atoms with Gasteiger partial charge in [0, 0.05) is 19.8 Å². The highest BCUT2D eigenvalue weighted by molar-refractivity contribution is 7.89. The number of carbonyl (C=O) groups is 1. The Morgan fingerprint density at radius 2 is 2.05 bits per heavy atom. The van der Waals surface area contributed by atoms with Crippen molar-refractivity contribution in [1.82, 2.24) is 4.31 Å². The van der Waals surface area contributed by atoms with E-state index in [0.29, 0.717) is 12.1 Å². The fourth-order valence-electron chi connectivity index (χ4n) is 1.37. The number of amides is 1. The summed E-state index contributed by atoms with van der Waals surface area (Å²) in [7, 11) is -0.606. The Bertz CT molecular complexity index is 555. The Balaban J connectivity index is 2.99. The second-order valence-electron chi connectivity index (χ2n) is 4.32. The van der Waals surface area contributed by atoms with Crippen molar-refractivity contribution in [3.63, 3.8) is 0 Å². The molecule has 1 aromatic rings. The Morgan fingerprint density at radius 3 is 2.58 bits per heavy atom. The Morgan fingerprint density at radius 1 is 1.42 bits per heavy atom. The van der Waals surface area contributed by atoms with Crippen LogP contribution in [-0.4, -0.2) is 38.8 Å². The Labute approximate surface area is 113 Å². The molecule has 0 aliphatic rings. The van der Waals surface area contributed by atoms with E-state index in [9.17, 15) is 13.2 Å². The average Bonchev–Trinajstić information content (AvgIpc) is 2.37. The molecule has 1 rings (SSSR count).